The van der Waals surface area contributed by atoms with E-state index >= 15 is 0 Å². The van der Waals surface area contributed by atoms with Gasteiger partial charge in [-0.05, 0) is 75.4 Å². The van der Waals surface area contributed by atoms with Gasteiger partial charge in [0, 0.05) is 37.2 Å². The van der Waals surface area contributed by atoms with Crippen LogP contribution in [0, 0.1) is 20.8 Å². The number of sulfonamides is 1. The zero-order valence-corrected chi connectivity index (χ0v) is 23.4. The number of anilines is 1. The molecule has 5 rings (SSSR count). The summed E-state index contributed by atoms with van der Waals surface area (Å²) in [4.78, 5) is 33.0. The minimum absolute atomic E-state index is 0.0404. The predicted molar refractivity (Wildman–Crippen MR) is 151 cm³/mol. The summed E-state index contributed by atoms with van der Waals surface area (Å²) < 4.78 is 33.9. The van der Waals surface area contributed by atoms with Gasteiger partial charge in [-0.15, -0.1) is 0 Å². The second-order valence-corrected chi connectivity index (χ2v) is 11.4. The van der Waals surface area contributed by atoms with Crippen LogP contribution < -0.4 is 14.4 Å². The van der Waals surface area contributed by atoms with E-state index in [9.17, 15) is 13.2 Å². The molecule has 206 valence electrons. The normalized spacial score (nSPS) is 13.6. The Labute approximate surface area is 233 Å². The lowest BCUT2D eigenvalue weighted by Crippen LogP contribution is -2.31. The summed E-state index contributed by atoms with van der Waals surface area (Å²) in [5, 5.41) is -0.272. The fourth-order valence-electron chi connectivity index (χ4n) is 4.72. The van der Waals surface area contributed by atoms with Crippen LogP contribution in [0.5, 0.6) is 11.6 Å². The number of pyridine rings is 2. The van der Waals surface area contributed by atoms with Crippen LogP contribution in [0.15, 0.2) is 66.1 Å². The molecule has 0 saturated carbocycles. The number of nitrogens with one attached hydrogen (secondary N) is 1. The van der Waals surface area contributed by atoms with Gasteiger partial charge >= 0.3 is 0 Å². The molecular weight excluding hydrogens is 528 g/mol. The van der Waals surface area contributed by atoms with Gasteiger partial charge < -0.3 is 9.64 Å². The van der Waals surface area contributed by atoms with Crippen LogP contribution in [0.1, 0.15) is 46.3 Å². The predicted octanol–water partition coefficient (Wildman–Crippen LogP) is 4.76. The molecule has 4 heterocycles. The molecule has 1 aliphatic rings. The first kappa shape index (κ1) is 27.2. The number of aromatic nitrogens is 4. The zero-order chi connectivity index (χ0) is 28.3. The van der Waals surface area contributed by atoms with Crippen LogP contribution in [0.2, 0.25) is 0 Å². The van der Waals surface area contributed by atoms with Crippen molar-refractivity contribution < 1.29 is 17.9 Å². The van der Waals surface area contributed by atoms with Gasteiger partial charge in [0.2, 0.25) is 11.8 Å². The smallest absolute Gasteiger partial charge is 0.281 e. The van der Waals surface area contributed by atoms with Crippen molar-refractivity contribution in [3.63, 3.8) is 0 Å². The first-order chi connectivity index (χ1) is 19.2. The average Bonchev–Trinajstić information content (AvgIpc) is 2.95. The minimum atomic E-state index is -4.22. The van der Waals surface area contributed by atoms with E-state index in [4.69, 9.17) is 4.74 Å². The number of aryl methyl sites for hydroxylation is 3. The van der Waals surface area contributed by atoms with E-state index in [1.165, 1.54) is 30.8 Å². The Bertz CT molecular complexity index is 1610. The molecule has 1 aliphatic heterocycles. The monoisotopic (exact) mass is 558 g/mol. The van der Waals surface area contributed by atoms with E-state index in [1.54, 1.807) is 24.5 Å². The number of piperidine rings is 1. The number of nitrogens with zero attached hydrogens (tertiary/aromatic N) is 5. The summed E-state index contributed by atoms with van der Waals surface area (Å²) in [6.07, 6.45) is 8.17. The third kappa shape index (κ3) is 5.94. The number of carbonyl (C=O) groups is 1. The molecule has 0 unspecified atom stereocenters. The average molecular weight is 559 g/mol. The maximum absolute atomic E-state index is 13.3. The van der Waals surface area contributed by atoms with Crippen LogP contribution in [0.4, 0.5) is 5.95 Å². The molecule has 0 aliphatic carbocycles. The first-order valence-corrected chi connectivity index (χ1v) is 14.5. The Morgan fingerprint density at radius 2 is 1.62 bits per heavy atom. The quantitative estimate of drug-likeness (QED) is 0.341. The Morgan fingerprint density at radius 1 is 0.925 bits per heavy atom. The minimum Gasteiger partial charge on any atom is -0.438 e. The molecule has 1 saturated heterocycles. The number of carbonyl (C=O) groups excluding carboxylic acids is 1. The van der Waals surface area contributed by atoms with Gasteiger partial charge in [-0.25, -0.2) is 24.7 Å². The second-order valence-electron chi connectivity index (χ2n) is 9.80. The standard InChI is InChI=1S/C29H30N6O4S/c1-19-15-20(2)26(21(3)16-19)39-28-23(27(36)34-40(37,38)25-9-5-6-12-30-25)10-11-24(33-28)22-17-31-29(32-18-22)35-13-7-4-8-14-35/h5-6,9-12,15-18H,4,7-8,13-14H2,1-3H3,(H,34,36). The van der Waals surface area contributed by atoms with Gasteiger partial charge in [0.15, 0.2) is 5.03 Å². The number of hydrogen-bond donors (Lipinski definition) is 1. The molecule has 1 fully saturated rings. The molecule has 11 heteroatoms. The van der Waals surface area contributed by atoms with Crippen molar-refractivity contribution >= 4 is 21.9 Å². The van der Waals surface area contributed by atoms with E-state index < -0.39 is 15.9 Å². The highest BCUT2D eigenvalue weighted by Gasteiger charge is 2.25. The Hall–Kier alpha value is -4.38. The van der Waals surface area contributed by atoms with Crippen molar-refractivity contribution in [3.8, 4) is 22.9 Å². The highest BCUT2D eigenvalue weighted by Crippen LogP contribution is 2.32. The molecule has 0 radical (unpaired) electrons. The Kier molecular flexibility index (Phi) is 7.74. The first-order valence-electron chi connectivity index (χ1n) is 13.0. The van der Waals surface area contributed by atoms with Gasteiger partial charge in [0.1, 0.15) is 11.3 Å². The van der Waals surface area contributed by atoms with Crippen molar-refractivity contribution in [2.75, 3.05) is 18.0 Å². The molecule has 3 aromatic heterocycles. The van der Waals surface area contributed by atoms with Crippen LogP contribution in [-0.2, 0) is 10.0 Å². The highest BCUT2D eigenvalue weighted by atomic mass is 32.2. The molecule has 0 spiro atoms. The van der Waals surface area contributed by atoms with Crippen LogP contribution in [-0.4, -0.2) is 47.4 Å². The number of ether oxygens (including phenoxy) is 1. The van der Waals surface area contributed by atoms with Crippen molar-refractivity contribution in [1.82, 2.24) is 24.7 Å². The highest BCUT2D eigenvalue weighted by molar-refractivity contribution is 7.90. The molecule has 1 N–H and O–H groups in total. The molecule has 0 atom stereocenters. The van der Waals surface area contributed by atoms with Gasteiger partial charge in [0.05, 0.1) is 5.69 Å². The summed E-state index contributed by atoms with van der Waals surface area (Å²) in [7, 11) is -4.22. The second kappa shape index (κ2) is 11.4. The van der Waals surface area contributed by atoms with E-state index in [0.717, 1.165) is 42.6 Å². The third-order valence-electron chi connectivity index (χ3n) is 6.62. The molecule has 1 aromatic carbocycles. The topological polar surface area (TPSA) is 127 Å². The third-order valence-corrected chi connectivity index (χ3v) is 7.87. The SMILES string of the molecule is Cc1cc(C)c(Oc2nc(-c3cnc(N4CCCCC4)nc3)ccc2C(=O)NS(=O)(=O)c2ccccn2)c(C)c1. The van der Waals surface area contributed by atoms with Crippen LogP contribution in [0.3, 0.4) is 0 Å². The van der Waals surface area contributed by atoms with E-state index in [0.29, 0.717) is 23.0 Å². The molecule has 10 nitrogen and oxygen atoms in total. The van der Waals surface area contributed by atoms with Gasteiger partial charge in [-0.1, -0.05) is 23.8 Å². The molecule has 4 aromatic rings. The summed E-state index contributed by atoms with van der Waals surface area (Å²) in [5.41, 5.74) is 3.84. The molecule has 1 amide bonds. The van der Waals surface area contributed by atoms with Crippen molar-refractivity contribution in [1.29, 1.82) is 0 Å². The number of hydrogen-bond acceptors (Lipinski definition) is 9. The fourth-order valence-corrected chi connectivity index (χ4v) is 5.64. The number of amides is 1. The van der Waals surface area contributed by atoms with Gasteiger partial charge in [-0.2, -0.15) is 8.42 Å². The maximum Gasteiger partial charge on any atom is 0.281 e. The number of benzene rings is 1. The van der Waals surface area contributed by atoms with Gasteiger partial charge in [0.25, 0.3) is 15.9 Å². The maximum atomic E-state index is 13.3. The van der Waals surface area contributed by atoms with Crippen molar-refractivity contribution in [3.05, 3.63) is 83.3 Å². The summed E-state index contributed by atoms with van der Waals surface area (Å²) in [6, 6.07) is 11.4. The lowest BCUT2D eigenvalue weighted by atomic mass is 10.1. The Morgan fingerprint density at radius 3 is 2.27 bits per heavy atom. The van der Waals surface area contributed by atoms with Crippen molar-refractivity contribution in [2.45, 2.75) is 45.1 Å². The zero-order valence-electron chi connectivity index (χ0n) is 22.6. The molecule has 40 heavy (non-hydrogen) atoms. The summed E-state index contributed by atoms with van der Waals surface area (Å²) >= 11 is 0. The lowest BCUT2D eigenvalue weighted by Gasteiger charge is -2.26. The fraction of sp³-hybridized carbons (Fsp3) is 0.276. The summed E-state index contributed by atoms with van der Waals surface area (Å²) in [6.45, 7) is 7.64. The summed E-state index contributed by atoms with van der Waals surface area (Å²) in [5.74, 6) is 0.273. The van der Waals surface area contributed by atoms with Gasteiger partial charge in [-0.3, -0.25) is 4.79 Å². The molecular formula is C29H30N6O4S. The van der Waals surface area contributed by atoms with Crippen LogP contribution >= 0.6 is 0 Å². The van der Waals surface area contributed by atoms with E-state index in [2.05, 4.69) is 29.6 Å². The molecule has 0 bridgehead atoms. The Balaban J connectivity index is 1.50. The largest absolute Gasteiger partial charge is 0.438 e. The van der Waals surface area contributed by atoms with Crippen LogP contribution in [0.25, 0.3) is 11.3 Å². The lowest BCUT2D eigenvalue weighted by molar-refractivity contribution is 0.0978. The van der Waals surface area contributed by atoms with E-state index in [1.807, 2.05) is 32.9 Å². The van der Waals surface area contributed by atoms with E-state index in [-0.39, 0.29) is 16.5 Å². The van der Waals surface area contributed by atoms with Crippen molar-refractivity contribution in [2.24, 2.45) is 0 Å². The number of rotatable bonds is 7.